The van der Waals surface area contributed by atoms with Gasteiger partial charge in [-0.2, -0.15) is 0 Å². The Morgan fingerprint density at radius 1 is 1.03 bits per heavy atom. The second-order valence-corrected chi connectivity index (χ2v) is 9.81. The number of para-hydroxylation sites is 1. The van der Waals surface area contributed by atoms with Crippen molar-refractivity contribution in [1.29, 1.82) is 0 Å². The van der Waals surface area contributed by atoms with Crippen molar-refractivity contribution >= 4 is 29.5 Å². The number of alkyl carbamates (subject to hydrolysis) is 1. The molecule has 0 saturated carbocycles. The number of amides is 4. The van der Waals surface area contributed by atoms with Gasteiger partial charge in [0, 0.05) is 25.2 Å². The molecular weight excluding hydrogens is 460 g/mol. The van der Waals surface area contributed by atoms with Crippen LogP contribution < -0.4 is 16.0 Å². The zero-order chi connectivity index (χ0) is 26.3. The standard InChI is InChI=1S/C27H34N4O5/c1-18(19-10-6-5-7-11-19)31-17-21(14-24(31)33)25(34)30-22-13-9-8-12-20(22)15-28-23(32)16-29-26(35)36-27(2,3)4/h5-13,18,21H,14-17H2,1-4H3,(H,28,32)(H,29,35)(H,30,34). The highest BCUT2D eigenvalue weighted by atomic mass is 16.6. The zero-order valence-corrected chi connectivity index (χ0v) is 21.2. The molecule has 9 heteroatoms. The van der Waals surface area contributed by atoms with Crippen LogP contribution in [0.5, 0.6) is 0 Å². The van der Waals surface area contributed by atoms with E-state index in [1.807, 2.05) is 37.3 Å². The van der Waals surface area contributed by atoms with Crippen LogP contribution in [0.25, 0.3) is 0 Å². The van der Waals surface area contributed by atoms with Gasteiger partial charge in [0.1, 0.15) is 12.1 Å². The van der Waals surface area contributed by atoms with Crippen LogP contribution in [0.3, 0.4) is 0 Å². The van der Waals surface area contributed by atoms with Crippen molar-refractivity contribution < 1.29 is 23.9 Å². The molecule has 4 amide bonds. The molecule has 1 aliphatic heterocycles. The number of likely N-dealkylation sites (tertiary alicyclic amines) is 1. The van der Waals surface area contributed by atoms with Crippen molar-refractivity contribution in [3.8, 4) is 0 Å². The summed E-state index contributed by atoms with van der Waals surface area (Å²) in [6, 6.07) is 16.7. The van der Waals surface area contributed by atoms with Crippen LogP contribution in [0.2, 0.25) is 0 Å². The Balaban J connectivity index is 1.53. The van der Waals surface area contributed by atoms with Gasteiger partial charge in [-0.05, 0) is 44.9 Å². The predicted molar refractivity (Wildman–Crippen MR) is 136 cm³/mol. The van der Waals surface area contributed by atoms with Crippen LogP contribution in [-0.4, -0.2) is 47.4 Å². The first kappa shape index (κ1) is 26.7. The predicted octanol–water partition coefficient (Wildman–Crippen LogP) is 3.38. The first-order valence-corrected chi connectivity index (χ1v) is 12.0. The van der Waals surface area contributed by atoms with Crippen molar-refractivity contribution in [2.24, 2.45) is 5.92 Å². The second kappa shape index (κ2) is 11.7. The molecule has 192 valence electrons. The Labute approximate surface area is 211 Å². The summed E-state index contributed by atoms with van der Waals surface area (Å²) in [7, 11) is 0. The highest BCUT2D eigenvalue weighted by Crippen LogP contribution is 2.29. The molecule has 2 unspecified atom stereocenters. The van der Waals surface area contributed by atoms with Crippen LogP contribution in [0, 0.1) is 5.92 Å². The normalized spacial score (nSPS) is 16.3. The van der Waals surface area contributed by atoms with Crippen molar-refractivity contribution in [1.82, 2.24) is 15.5 Å². The molecule has 36 heavy (non-hydrogen) atoms. The average molecular weight is 495 g/mol. The third-order valence-corrected chi connectivity index (χ3v) is 5.82. The highest BCUT2D eigenvalue weighted by Gasteiger charge is 2.37. The lowest BCUT2D eigenvalue weighted by molar-refractivity contribution is -0.129. The third kappa shape index (κ3) is 7.56. The number of benzene rings is 2. The lowest BCUT2D eigenvalue weighted by Crippen LogP contribution is -2.39. The number of nitrogens with zero attached hydrogens (tertiary/aromatic N) is 1. The SMILES string of the molecule is CC(c1ccccc1)N1CC(C(=O)Nc2ccccc2CNC(=O)CNC(=O)OC(C)(C)C)CC1=O. The molecular formula is C27H34N4O5. The molecule has 9 nitrogen and oxygen atoms in total. The summed E-state index contributed by atoms with van der Waals surface area (Å²) < 4.78 is 5.11. The van der Waals surface area contributed by atoms with E-state index in [0.29, 0.717) is 17.8 Å². The Morgan fingerprint density at radius 2 is 1.69 bits per heavy atom. The smallest absolute Gasteiger partial charge is 0.408 e. The quantitative estimate of drug-likeness (QED) is 0.520. The number of anilines is 1. The van der Waals surface area contributed by atoms with Gasteiger partial charge in [-0.25, -0.2) is 4.79 Å². The molecule has 1 heterocycles. The Hall–Kier alpha value is -3.88. The molecule has 2 atom stereocenters. The molecule has 0 radical (unpaired) electrons. The first-order valence-electron chi connectivity index (χ1n) is 12.0. The van der Waals surface area contributed by atoms with E-state index in [2.05, 4.69) is 16.0 Å². The summed E-state index contributed by atoms with van der Waals surface area (Å²) in [4.78, 5) is 51.3. The molecule has 2 aromatic carbocycles. The molecule has 0 aromatic heterocycles. The molecule has 1 saturated heterocycles. The van der Waals surface area contributed by atoms with Gasteiger partial charge in [0.25, 0.3) is 0 Å². The third-order valence-electron chi connectivity index (χ3n) is 5.82. The molecule has 1 aliphatic rings. The Kier molecular flexibility index (Phi) is 8.68. The van der Waals surface area contributed by atoms with Gasteiger partial charge in [0.2, 0.25) is 17.7 Å². The number of rotatable bonds is 8. The fraction of sp³-hybridized carbons (Fsp3) is 0.407. The maximum Gasteiger partial charge on any atom is 0.408 e. The largest absolute Gasteiger partial charge is 0.444 e. The maximum atomic E-state index is 13.0. The zero-order valence-electron chi connectivity index (χ0n) is 21.2. The second-order valence-electron chi connectivity index (χ2n) is 9.81. The van der Waals surface area contributed by atoms with Gasteiger partial charge in [0.05, 0.1) is 12.0 Å². The minimum atomic E-state index is -0.674. The minimum absolute atomic E-state index is 0.0514. The van der Waals surface area contributed by atoms with E-state index in [4.69, 9.17) is 4.74 Å². The minimum Gasteiger partial charge on any atom is -0.444 e. The lowest BCUT2D eigenvalue weighted by atomic mass is 10.1. The first-order chi connectivity index (χ1) is 17.0. The average Bonchev–Trinajstić information content (AvgIpc) is 3.23. The van der Waals surface area contributed by atoms with E-state index in [0.717, 1.165) is 5.56 Å². The van der Waals surface area contributed by atoms with E-state index < -0.39 is 23.5 Å². The van der Waals surface area contributed by atoms with Crippen molar-refractivity contribution in [2.75, 3.05) is 18.4 Å². The fourth-order valence-electron chi connectivity index (χ4n) is 3.95. The summed E-state index contributed by atoms with van der Waals surface area (Å²) in [5, 5.41) is 8.05. The monoisotopic (exact) mass is 494 g/mol. The molecule has 1 fully saturated rings. The molecule has 0 bridgehead atoms. The molecule has 3 N–H and O–H groups in total. The van der Waals surface area contributed by atoms with Crippen molar-refractivity contribution in [2.45, 2.75) is 52.3 Å². The number of carbonyl (C=O) groups excluding carboxylic acids is 4. The molecule has 2 aromatic rings. The van der Waals surface area contributed by atoms with Gasteiger partial charge >= 0.3 is 6.09 Å². The van der Waals surface area contributed by atoms with Crippen LogP contribution in [0.15, 0.2) is 54.6 Å². The summed E-state index contributed by atoms with van der Waals surface area (Å²) in [5.41, 5.74) is 1.63. The van der Waals surface area contributed by atoms with Crippen LogP contribution in [0.1, 0.15) is 51.3 Å². The summed E-state index contributed by atoms with van der Waals surface area (Å²) in [5.74, 6) is -1.15. The van der Waals surface area contributed by atoms with Gasteiger partial charge in [-0.1, -0.05) is 48.5 Å². The fourth-order valence-corrected chi connectivity index (χ4v) is 3.95. The van der Waals surface area contributed by atoms with Crippen LogP contribution in [-0.2, 0) is 25.7 Å². The topological polar surface area (TPSA) is 117 Å². The Bertz CT molecular complexity index is 1100. The number of nitrogens with one attached hydrogen (secondary N) is 3. The van der Waals surface area contributed by atoms with E-state index in [9.17, 15) is 19.2 Å². The molecule has 0 spiro atoms. The maximum absolute atomic E-state index is 13.0. The van der Waals surface area contributed by atoms with Crippen molar-refractivity contribution in [3.05, 3.63) is 65.7 Å². The highest BCUT2D eigenvalue weighted by molar-refractivity contribution is 5.97. The number of hydrogen-bond donors (Lipinski definition) is 3. The van der Waals surface area contributed by atoms with Gasteiger partial charge in [-0.3, -0.25) is 14.4 Å². The van der Waals surface area contributed by atoms with Crippen molar-refractivity contribution in [3.63, 3.8) is 0 Å². The van der Waals surface area contributed by atoms with Gasteiger partial charge in [-0.15, -0.1) is 0 Å². The van der Waals surface area contributed by atoms with Crippen LogP contribution in [0.4, 0.5) is 10.5 Å². The summed E-state index contributed by atoms with van der Waals surface area (Å²) in [6.45, 7) is 7.44. The number of ether oxygens (including phenoxy) is 1. The summed E-state index contributed by atoms with van der Waals surface area (Å²) >= 11 is 0. The molecule has 0 aliphatic carbocycles. The van der Waals surface area contributed by atoms with E-state index in [1.165, 1.54) is 0 Å². The number of hydrogen-bond acceptors (Lipinski definition) is 5. The lowest BCUT2D eigenvalue weighted by Gasteiger charge is -2.25. The Morgan fingerprint density at radius 3 is 2.39 bits per heavy atom. The molecule has 3 rings (SSSR count). The van der Waals surface area contributed by atoms with E-state index in [1.54, 1.807) is 49.9 Å². The van der Waals surface area contributed by atoms with Crippen LogP contribution >= 0.6 is 0 Å². The van der Waals surface area contributed by atoms with E-state index in [-0.39, 0.29) is 37.4 Å². The van der Waals surface area contributed by atoms with Gasteiger partial charge in [0.15, 0.2) is 0 Å². The van der Waals surface area contributed by atoms with E-state index >= 15 is 0 Å². The number of carbonyl (C=O) groups is 4. The summed E-state index contributed by atoms with van der Waals surface area (Å²) in [6.07, 6.45) is -0.523. The van der Waals surface area contributed by atoms with Gasteiger partial charge < -0.3 is 25.6 Å².